The molecule has 4 N–H and O–H groups in total. The molecule has 15 atom stereocenters. The summed E-state index contributed by atoms with van der Waals surface area (Å²) in [4.78, 5) is 11.4. The van der Waals surface area contributed by atoms with Crippen molar-refractivity contribution in [1.82, 2.24) is 0 Å². The summed E-state index contributed by atoms with van der Waals surface area (Å²) in [7, 11) is 1.69. The first-order valence-corrected chi connectivity index (χ1v) is 17.2. The normalized spacial score (nSPS) is 52.1. The first-order valence-electron chi connectivity index (χ1n) is 17.2. The molecule has 252 valence electrons. The highest BCUT2D eigenvalue weighted by Gasteiger charge is 2.83. The Bertz CT molecular complexity index is 1100. The van der Waals surface area contributed by atoms with E-state index in [1.54, 1.807) is 7.11 Å². The number of carbonyl (C=O) groups is 1. The highest BCUT2D eigenvalue weighted by Crippen LogP contribution is 2.89. The van der Waals surface area contributed by atoms with Gasteiger partial charge in [0, 0.05) is 19.4 Å². The molecule has 1 heterocycles. The van der Waals surface area contributed by atoms with Crippen molar-refractivity contribution >= 4 is 5.97 Å². The maximum absolute atomic E-state index is 12.0. The molecule has 5 aliphatic carbocycles. The van der Waals surface area contributed by atoms with E-state index in [0.29, 0.717) is 23.7 Å². The third-order valence-corrected chi connectivity index (χ3v) is 15.1. The zero-order valence-electron chi connectivity index (χ0n) is 28.0. The van der Waals surface area contributed by atoms with Gasteiger partial charge >= 0.3 is 5.97 Å². The largest absolute Gasteiger partial charge is 0.463 e. The van der Waals surface area contributed by atoms with Crippen LogP contribution in [0.25, 0.3) is 0 Å². The number of ether oxygens (including phenoxy) is 4. The molecular formula is C35H58O9. The van der Waals surface area contributed by atoms with Gasteiger partial charge in [0.15, 0.2) is 6.29 Å². The third kappa shape index (κ3) is 4.53. The maximum atomic E-state index is 12.0. The first kappa shape index (κ1) is 33.1. The van der Waals surface area contributed by atoms with Crippen molar-refractivity contribution in [2.45, 2.75) is 142 Å². The summed E-state index contributed by atoms with van der Waals surface area (Å²) in [6.45, 7) is 13.4. The molecule has 0 aromatic heterocycles. The molecule has 0 amide bonds. The lowest BCUT2D eigenvalue weighted by Crippen LogP contribution is -2.61. The van der Waals surface area contributed by atoms with Gasteiger partial charge in [0.25, 0.3) is 0 Å². The van der Waals surface area contributed by atoms with E-state index in [2.05, 4.69) is 34.6 Å². The third-order valence-electron chi connectivity index (χ3n) is 15.1. The summed E-state index contributed by atoms with van der Waals surface area (Å²) < 4.78 is 23.1. The lowest BCUT2D eigenvalue weighted by molar-refractivity contribution is -0.303. The number of esters is 1. The van der Waals surface area contributed by atoms with Crippen LogP contribution < -0.4 is 0 Å². The second kappa shape index (κ2) is 11.1. The molecule has 44 heavy (non-hydrogen) atoms. The second-order valence-corrected chi connectivity index (χ2v) is 16.8. The molecule has 1 saturated heterocycles. The van der Waals surface area contributed by atoms with Crippen LogP contribution in [0.4, 0.5) is 0 Å². The smallest absolute Gasteiger partial charge is 0.302 e. The van der Waals surface area contributed by atoms with E-state index in [4.69, 9.17) is 18.9 Å². The number of hydrogen-bond donors (Lipinski definition) is 4. The summed E-state index contributed by atoms with van der Waals surface area (Å²) in [5, 5.41) is 42.7. The fourth-order valence-electron chi connectivity index (χ4n) is 12.6. The number of aliphatic hydroxyl groups excluding tert-OH is 4. The van der Waals surface area contributed by atoms with Crippen LogP contribution >= 0.6 is 0 Å². The number of rotatable bonds is 8. The van der Waals surface area contributed by atoms with Gasteiger partial charge in [-0.2, -0.15) is 0 Å². The van der Waals surface area contributed by atoms with Gasteiger partial charge in [-0.3, -0.25) is 4.79 Å². The van der Waals surface area contributed by atoms with Gasteiger partial charge in [-0.05, 0) is 103 Å². The van der Waals surface area contributed by atoms with Gasteiger partial charge in [0.2, 0.25) is 0 Å². The fourth-order valence-corrected chi connectivity index (χ4v) is 12.6. The number of methoxy groups -OCH3 is 1. The highest BCUT2D eigenvalue weighted by atomic mass is 16.7. The maximum Gasteiger partial charge on any atom is 0.302 e. The summed E-state index contributed by atoms with van der Waals surface area (Å²) in [5.74, 6) is 1.37. The molecule has 1 aliphatic heterocycles. The van der Waals surface area contributed by atoms with Crippen molar-refractivity contribution in [3.05, 3.63) is 0 Å². The standard InChI is InChI=1S/C35H58O9/c1-19(14-21(41-7)16-42-20(2)36)22-15-26(38)33(6)25-9-8-24-31(3,4)27(44-30-29(40)28(39)23(37)17-43-30)10-11-34(24)18-35(25,34)13-12-32(22,33)5/h19,21-30,37-40H,8-18H2,1-7H3/t19-,21?,22-,23-,24+,25?,26+,27?,28?,29-,30?,32?,33-,34?,35?/m1/s1. The minimum atomic E-state index is -1.27. The van der Waals surface area contributed by atoms with Crippen molar-refractivity contribution in [3.8, 4) is 0 Å². The Labute approximate surface area is 263 Å². The van der Waals surface area contributed by atoms with Crippen molar-refractivity contribution in [3.63, 3.8) is 0 Å². The van der Waals surface area contributed by atoms with Crippen LogP contribution in [0.2, 0.25) is 0 Å². The van der Waals surface area contributed by atoms with E-state index in [1.807, 2.05) is 0 Å². The monoisotopic (exact) mass is 622 g/mol. The molecule has 2 spiro atoms. The zero-order chi connectivity index (χ0) is 32.0. The van der Waals surface area contributed by atoms with Gasteiger partial charge in [-0.15, -0.1) is 0 Å². The van der Waals surface area contributed by atoms with Crippen LogP contribution in [-0.2, 0) is 23.7 Å². The topological polar surface area (TPSA) is 135 Å². The number of hydrogen-bond acceptors (Lipinski definition) is 9. The van der Waals surface area contributed by atoms with Gasteiger partial charge < -0.3 is 39.4 Å². The Morgan fingerprint density at radius 1 is 0.955 bits per heavy atom. The average Bonchev–Trinajstić information content (AvgIpc) is 3.59. The van der Waals surface area contributed by atoms with Crippen LogP contribution in [0.1, 0.15) is 99.3 Å². The molecule has 5 saturated carbocycles. The van der Waals surface area contributed by atoms with E-state index < -0.39 is 24.6 Å². The Kier molecular flexibility index (Phi) is 8.38. The van der Waals surface area contributed by atoms with Gasteiger partial charge in [-0.25, -0.2) is 0 Å². The highest BCUT2D eigenvalue weighted by molar-refractivity contribution is 5.65. The molecular weight excluding hydrogens is 564 g/mol. The van der Waals surface area contributed by atoms with E-state index in [1.165, 1.54) is 19.8 Å². The van der Waals surface area contributed by atoms with Crippen molar-refractivity contribution < 1.29 is 44.2 Å². The molecule has 0 bridgehead atoms. The molecule has 6 aliphatic rings. The summed E-state index contributed by atoms with van der Waals surface area (Å²) in [6.07, 6.45) is 4.12. The van der Waals surface area contributed by atoms with Crippen molar-refractivity contribution in [2.24, 2.45) is 50.7 Å². The number of fused-ring (bicyclic) bond motifs is 2. The van der Waals surface area contributed by atoms with Crippen LogP contribution in [0.3, 0.4) is 0 Å². The van der Waals surface area contributed by atoms with Crippen molar-refractivity contribution in [2.75, 3.05) is 20.3 Å². The fraction of sp³-hybridized carbons (Fsp3) is 0.971. The minimum absolute atomic E-state index is 0.0216. The molecule has 9 heteroatoms. The van der Waals surface area contributed by atoms with Crippen LogP contribution in [0, 0.1) is 50.7 Å². The summed E-state index contributed by atoms with van der Waals surface area (Å²) in [5.41, 5.74) is 0.220. The van der Waals surface area contributed by atoms with Gasteiger partial charge in [0.05, 0.1) is 24.9 Å². The zero-order valence-corrected chi connectivity index (χ0v) is 28.0. The number of carbonyl (C=O) groups excluding carboxylic acids is 1. The summed E-state index contributed by atoms with van der Waals surface area (Å²) >= 11 is 0. The van der Waals surface area contributed by atoms with E-state index >= 15 is 0 Å². The Morgan fingerprint density at radius 3 is 2.32 bits per heavy atom. The lowest BCUT2D eigenvalue weighted by Gasteiger charge is -2.64. The Morgan fingerprint density at radius 2 is 1.64 bits per heavy atom. The molecule has 0 aromatic carbocycles. The second-order valence-electron chi connectivity index (χ2n) is 16.8. The molecule has 6 rings (SSSR count). The van der Waals surface area contributed by atoms with E-state index in [0.717, 1.165) is 44.9 Å². The minimum Gasteiger partial charge on any atom is -0.463 e. The lowest BCUT2D eigenvalue weighted by atomic mass is 9.41. The first-order chi connectivity index (χ1) is 20.6. The van der Waals surface area contributed by atoms with Crippen LogP contribution in [0.5, 0.6) is 0 Å². The van der Waals surface area contributed by atoms with Crippen molar-refractivity contribution in [1.29, 1.82) is 0 Å². The molecule has 9 nitrogen and oxygen atoms in total. The molecule has 0 radical (unpaired) electrons. The van der Waals surface area contributed by atoms with Crippen LogP contribution in [0.15, 0.2) is 0 Å². The van der Waals surface area contributed by atoms with Crippen LogP contribution in [-0.4, -0.2) is 89.6 Å². The van der Waals surface area contributed by atoms with E-state index in [9.17, 15) is 25.2 Å². The Balaban J connectivity index is 1.19. The van der Waals surface area contributed by atoms with Gasteiger partial charge in [-0.1, -0.05) is 34.6 Å². The number of aliphatic hydroxyl groups is 4. The SMILES string of the molecule is COC(COC(C)=O)C[C@@H](C)[C@H]1C[C@H](O)[C@@]2(C)C3CC[C@H]4C(C)(C)C(OC5OC[C@@H](O)C(O)[C@H]5O)CCC45CC35CCC12C. The molecule has 8 unspecified atom stereocenters. The molecule has 0 aromatic rings. The molecule has 6 fully saturated rings. The predicted molar refractivity (Wildman–Crippen MR) is 162 cm³/mol. The average molecular weight is 623 g/mol. The predicted octanol–water partition coefficient (Wildman–Crippen LogP) is 3.82. The van der Waals surface area contributed by atoms with Gasteiger partial charge in [0.1, 0.15) is 24.9 Å². The summed E-state index contributed by atoms with van der Waals surface area (Å²) in [6, 6.07) is 0. The van der Waals surface area contributed by atoms with E-state index in [-0.39, 0.29) is 64.6 Å². The Hall–Kier alpha value is -0.810. The quantitative estimate of drug-likeness (QED) is 0.235.